The molecule has 0 spiro atoms. The Hall–Kier alpha value is -5.12. The Balaban J connectivity index is 1.48. The Morgan fingerprint density at radius 1 is 0.750 bits per heavy atom. The fourth-order valence-electron chi connectivity index (χ4n) is 4.80. The van der Waals surface area contributed by atoms with Crippen LogP contribution in [0, 0.1) is 0 Å². The van der Waals surface area contributed by atoms with Gasteiger partial charge in [-0.3, -0.25) is 14.1 Å². The quantitative estimate of drug-likeness (QED) is 0.0242. The Labute approximate surface area is 274 Å². The number of aromatic nitrogens is 1. The van der Waals surface area contributed by atoms with E-state index in [-0.39, 0.29) is 38.1 Å². The summed E-state index contributed by atoms with van der Waals surface area (Å²) < 4.78 is 71.3. The molecule has 16 nitrogen and oxygen atoms in total. The fourth-order valence-corrected chi connectivity index (χ4v) is 6.43. The average molecular weight is 709 g/mol. The Morgan fingerprint density at radius 3 is 2.23 bits per heavy atom. The molecule has 19 heteroatoms. The number of hydrogen-bond donors (Lipinski definition) is 5. The summed E-state index contributed by atoms with van der Waals surface area (Å²) in [6.07, 6.45) is 1.67. The van der Waals surface area contributed by atoms with Crippen molar-refractivity contribution in [2.24, 2.45) is 20.5 Å². The largest absolute Gasteiger partial charge is 0.505 e. The SMILES string of the molecule is Nc1cc2c(O)c(N=Nc3ccc(N=Nc4ccc5ncccc5c4)c4ccc(S(=O)(=O)O)cc34)c(SOOO)cc2cc1S(=O)(=O)O. The molecule has 0 saturated carbocycles. The maximum Gasteiger partial charge on any atom is 0.296 e. The highest BCUT2D eigenvalue weighted by molar-refractivity contribution is 7.94. The summed E-state index contributed by atoms with van der Waals surface area (Å²) in [4.78, 5) is 3.18. The summed E-state index contributed by atoms with van der Waals surface area (Å²) in [5.41, 5.74) is 6.88. The zero-order valence-corrected chi connectivity index (χ0v) is 26.3. The van der Waals surface area contributed by atoms with Gasteiger partial charge in [0.25, 0.3) is 20.2 Å². The monoisotopic (exact) mass is 708 g/mol. The van der Waals surface area contributed by atoms with Gasteiger partial charge in [0, 0.05) is 27.7 Å². The van der Waals surface area contributed by atoms with Gasteiger partial charge in [-0.2, -0.15) is 21.9 Å². The van der Waals surface area contributed by atoms with Crippen LogP contribution in [-0.4, -0.2) is 41.3 Å². The van der Waals surface area contributed by atoms with E-state index >= 15 is 0 Å². The maximum absolute atomic E-state index is 12.0. The number of rotatable bonds is 9. The molecule has 0 fully saturated rings. The summed E-state index contributed by atoms with van der Waals surface area (Å²) in [5.74, 6) is -0.548. The number of azo groups is 2. The summed E-state index contributed by atoms with van der Waals surface area (Å²) in [6, 6.07) is 19.1. The second-order valence-corrected chi connectivity index (χ2v) is 13.5. The van der Waals surface area contributed by atoms with Gasteiger partial charge in [-0.1, -0.05) is 17.2 Å². The van der Waals surface area contributed by atoms with Crippen molar-refractivity contribution in [1.29, 1.82) is 0 Å². The average Bonchev–Trinajstić information content (AvgIpc) is 3.05. The molecule has 5 aromatic carbocycles. The predicted octanol–water partition coefficient (Wildman–Crippen LogP) is 7.58. The van der Waals surface area contributed by atoms with E-state index < -0.39 is 35.8 Å². The highest BCUT2D eigenvalue weighted by Crippen LogP contribution is 2.46. The lowest BCUT2D eigenvalue weighted by Gasteiger charge is -2.11. The second-order valence-electron chi connectivity index (χ2n) is 9.95. The number of nitrogens with zero attached hydrogens (tertiary/aromatic N) is 5. The van der Waals surface area contributed by atoms with Gasteiger partial charge in [0.15, 0.2) is 5.75 Å². The zero-order chi connectivity index (χ0) is 34.2. The fraction of sp³-hybridized carbons (Fsp3) is 0. The smallest absolute Gasteiger partial charge is 0.296 e. The number of phenols is 1. The molecule has 0 atom stereocenters. The van der Waals surface area contributed by atoms with Gasteiger partial charge in [0.05, 0.1) is 50.1 Å². The third-order valence-electron chi connectivity index (χ3n) is 6.97. The molecule has 6 aromatic rings. The first-order valence-corrected chi connectivity index (χ1v) is 16.9. The number of nitrogens with two attached hydrogens (primary N) is 1. The van der Waals surface area contributed by atoms with E-state index in [1.54, 1.807) is 36.5 Å². The molecule has 48 heavy (non-hydrogen) atoms. The van der Waals surface area contributed by atoms with Crippen LogP contribution in [0.5, 0.6) is 5.75 Å². The minimum atomic E-state index is -4.72. The van der Waals surface area contributed by atoms with E-state index in [0.717, 1.165) is 29.1 Å². The molecular weight excluding hydrogens is 689 g/mol. The number of hydrogen-bond acceptors (Lipinski definition) is 15. The maximum atomic E-state index is 12.0. The highest BCUT2D eigenvalue weighted by Gasteiger charge is 2.21. The van der Waals surface area contributed by atoms with Crippen LogP contribution in [0.1, 0.15) is 0 Å². The van der Waals surface area contributed by atoms with Crippen LogP contribution in [-0.2, 0) is 29.6 Å². The Kier molecular flexibility index (Phi) is 8.76. The first-order chi connectivity index (χ1) is 22.8. The highest BCUT2D eigenvalue weighted by atomic mass is 32.2. The summed E-state index contributed by atoms with van der Waals surface area (Å²) in [7, 11) is -9.36. The molecule has 6 N–H and O–H groups in total. The van der Waals surface area contributed by atoms with Crippen molar-refractivity contribution in [2.45, 2.75) is 14.7 Å². The number of aromatic hydroxyl groups is 1. The van der Waals surface area contributed by atoms with Crippen molar-refractivity contribution in [3.63, 3.8) is 0 Å². The molecule has 0 aliphatic heterocycles. The van der Waals surface area contributed by atoms with Crippen LogP contribution in [0.2, 0.25) is 0 Å². The molecule has 0 radical (unpaired) electrons. The Bertz CT molecular complexity index is 2550. The molecule has 0 unspecified atom stereocenters. The van der Waals surface area contributed by atoms with Crippen LogP contribution in [0.25, 0.3) is 32.4 Å². The molecule has 1 heterocycles. The van der Waals surface area contributed by atoms with Crippen molar-refractivity contribution in [3.05, 3.63) is 85.1 Å². The molecule has 0 aliphatic rings. The summed E-state index contributed by atoms with van der Waals surface area (Å²) in [5, 5.41) is 42.0. The number of phenolic OH excluding ortho intramolecular Hbond substituents is 1. The number of fused-ring (bicyclic) bond motifs is 3. The van der Waals surface area contributed by atoms with Crippen molar-refractivity contribution >= 4 is 93.2 Å². The van der Waals surface area contributed by atoms with E-state index in [1.165, 1.54) is 24.3 Å². The zero-order valence-electron chi connectivity index (χ0n) is 23.9. The van der Waals surface area contributed by atoms with Gasteiger partial charge in [-0.25, -0.2) is 5.26 Å². The molecule has 1 aromatic heterocycles. The lowest BCUT2D eigenvalue weighted by Crippen LogP contribution is -2.03. The summed E-state index contributed by atoms with van der Waals surface area (Å²) in [6.45, 7) is 0. The van der Waals surface area contributed by atoms with Gasteiger partial charge in [-0.05, 0) is 72.1 Å². The van der Waals surface area contributed by atoms with Crippen LogP contribution in [0.15, 0.2) is 120 Å². The van der Waals surface area contributed by atoms with Crippen LogP contribution in [0.4, 0.5) is 28.4 Å². The minimum absolute atomic E-state index is 0.0156. The third-order valence-corrected chi connectivity index (χ3v) is 9.35. The van der Waals surface area contributed by atoms with Crippen molar-refractivity contribution in [2.75, 3.05) is 5.73 Å². The molecule has 0 saturated heterocycles. The second kappa shape index (κ2) is 12.8. The molecule has 0 aliphatic carbocycles. The van der Waals surface area contributed by atoms with Gasteiger partial charge in [0.2, 0.25) is 0 Å². The first kappa shape index (κ1) is 32.8. The van der Waals surface area contributed by atoms with Gasteiger partial charge in [-0.15, -0.1) is 19.7 Å². The molecular formula is C29H20N6O10S3. The lowest BCUT2D eigenvalue weighted by atomic mass is 10.1. The van der Waals surface area contributed by atoms with Crippen molar-refractivity contribution < 1.29 is 45.7 Å². The van der Waals surface area contributed by atoms with Gasteiger partial charge >= 0.3 is 0 Å². The minimum Gasteiger partial charge on any atom is -0.505 e. The van der Waals surface area contributed by atoms with E-state index in [4.69, 9.17) is 11.0 Å². The van der Waals surface area contributed by atoms with E-state index in [2.05, 4.69) is 34.8 Å². The van der Waals surface area contributed by atoms with Crippen molar-refractivity contribution in [1.82, 2.24) is 4.98 Å². The standard InChI is InChI=1S/C29H20N6O10S3/c30-22-14-20-16(12-27(22)48(41,42)43)11-26(46-45-44-37)28(29(20)36)35-34-25-8-7-24(19-5-4-18(13-21(19)25)47(38,39)40)33-32-17-3-6-23-15(10-17)2-1-9-31-23/h1-14,36-37H,30H2,(H,38,39,40)(H,41,42,43). The third kappa shape index (κ3) is 6.65. The first-order valence-electron chi connectivity index (χ1n) is 13.3. The molecule has 6 rings (SSSR count). The lowest BCUT2D eigenvalue weighted by molar-refractivity contribution is -0.432. The molecule has 244 valence electrons. The topological polar surface area (TPSA) is 256 Å². The van der Waals surface area contributed by atoms with E-state index in [1.807, 2.05) is 6.07 Å². The number of nitrogen functional groups attached to an aromatic ring is 1. The van der Waals surface area contributed by atoms with Gasteiger partial charge < -0.3 is 10.8 Å². The molecule has 0 amide bonds. The van der Waals surface area contributed by atoms with Crippen LogP contribution < -0.4 is 5.73 Å². The van der Waals surface area contributed by atoms with Crippen LogP contribution in [0.3, 0.4) is 0 Å². The number of pyridine rings is 1. The normalized spacial score (nSPS) is 12.6. The predicted molar refractivity (Wildman–Crippen MR) is 174 cm³/mol. The Morgan fingerprint density at radius 2 is 1.50 bits per heavy atom. The van der Waals surface area contributed by atoms with Gasteiger partial charge in [0.1, 0.15) is 10.6 Å². The van der Waals surface area contributed by atoms with E-state index in [9.17, 15) is 31.0 Å². The van der Waals surface area contributed by atoms with E-state index in [0.29, 0.717) is 28.8 Å². The number of anilines is 1. The molecule has 0 bridgehead atoms. The van der Waals surface area contributed by atoms with Crippen molar-refractivity contribution in [3.8, 4) is 5.75 Å². The van der Waals surface area contributed by atoms with Crippen LogP contribution >= 0.6 is 12.0 Å². The summed E-state index contributed by atoms with van der Waals surface area (Å²) >= 11 is 0.373. The number of benzene rings is 5.